The highest BCUT2D eigenvalue weighted by molar-refractivity contribution is 5.77. The van der Waals surface area contributed by atoms with E-state index < -0.39 is 11.7 Å². The molecule has 0 radical (unpaired) electrons. The van der Waals surface area contributed by atoms with Crippen LogP contribution in [0.3, 0.4) is 0 Å². The molecule has 0 aromatic rings. The highest BCUT2D eigenvalue weighted by Crippen LogP contribution is 2.32. The number of ether oxygens (including phenoxy) is 1. The Morgan fingerprint density at radius 3 is 2.88 bits per heavy atom. The Kier molecular flexibility index (Phi) is 3.65. The van der Waals surface area contributed by atoms with Crippen LogP contribution in [-0.4, -0.2) is 47.3 Å². The Hall–Kier alpha value is -1.12. The first-order valence-corrected chi connectivity index (χ1v) is 6.14. The Labute approximate surface area is 101 Å². The molecular formula is C12H18N2O3. The topological polar surface area (TPSA) is 73.6 Å². The van der Waals surface area contributed by atoms with E-state index in [1.54, 1.807) is 4.90 Å². The molecule has 1 amide bonds. The van der Waals surface area contributed by atoms with Crippen LogP contribution in [0.2, 0.25) is 0 Å². The van der Waals surface area contributed by atoms with E-state index in [1.165, 1.54) is 0 Å². The minimum Gasteiger partial charge on any atom is -0.389 e. The van der Waals surface area contributed by atoms with Gasteiger partial charge in [-0.05, 0) is 12.8 Å². The Morgan fingerprint density at radius 2 is 2.24 bits per heavy atom. The summed E-state index contributed by atoms with van der Waals surface area (Å²) in [5.74, 6) is -0.0575. The minimum absolute atomic E-state index is 0.0575. The number of nitrogens with zero attached hydrogens (tertiary/aromatic N) is 2. The number of morpholine rings is 1. The quantitative estimate of drug-likeness (QED) is 0.757. The SMILES string of the molecule is N#CC1CN(C(=O)CC2(O)CCCC2)CCO1. The fourth-order valence-corrected chi connectivity index (χ4v) is 2.56. The summed E-state index contributed by atoms with van der Waals surface area (Å²) in [7, 11) is 0. The molecule has 1 aliphatic carbocycles. The Balaban J connectivity index is 1.89. The molecular weight excluding hydrogens is 220 g/mol. The summed E-state index contributed by atoms with van der Waals surface area (Å²) in [6.07, 6.45) is 3.08. The molecule has 5 heteroatoms. The highest BCUT2D eigenvalue weighted by atomic mass is 16.5. The number of aliphatic hydroxyl groups is 1. The lowest BCUT2D eigenvalue weighted by molar-refractivity contribution is -0.142. The van der Waals surface area contributed by atoms with Gasteiger partial charge >= 0.3 is 0 Å². The lowest BCUT2D eigenvalue weighted by Gasteiger charge is -2.32. The minimum atomic E-state index is -0.808. The van der Waals surface area contributed by atoms with Crippen LogP contribution in [0.4, 0.5) is 0 Å². The van der Waals surface area contributed by atoms with Gasteiger partial charge in [-0.1, -0.05) is 12.8 Å². The standard InChI is InChI=1S/C12H18N2O3/c13-8-10-9-14(5-6-17-10)11(15)7-12(16)3-1-2-4-12/h10,16H,1-7,9H2. The molecule has 0 aromatic heterocycles. The number of carbonyl (C=O) groups is 1. The second kappa shape index (κ2) is 5.03. The van der Waals surface area contributed by atoms with Crippen molar-refractivity contribution in [3.63, 3.8) is 0 Å². The summed E-state index contributed by atoms with van der Waals surface area (Å²) in [5, 5.41) is 18.9. The van der Waals surface area contributed by atoms with Crippen molar-refractivity contribution in [3.8, 4) is 6.07 Å². The summed E-state index contributed by atoms with van der Waals surface area (Å²) >= 11 is 0. The molecule has 17 heavy (non-hydrogen) atoms. The predicted octanol–water partition coefficient (Wildman–Crippen LogP) is 0.433. The Morgan fingerprint density at radius 1 is 1.53 bits per heavy atom. The van der Waals surface area contributed by atoms with E-state index in [2.05, 4.69) is 0 Å². The third-order valence-corrected chi connectivity index (χ3v) is 3.58. The summed E-state index contributed by atoms with van der Waals surface area (Å²) in [6.45, 7) is 1.25. The second-order valence-electron chi connectivity index (χ2n) is 4.94. The third kappa shape index (κ3) is 2.96. The lowest BCUT2D eigenvalue weighted by atomic mass is 9.97. The summed E-state index contributed by atoms with van der Waals surface area (Å²) in [5.41, 5.74) is -0.808. The molecule has 1 atom stereocenters. The van der Waals surface area contributed by atoms with Gasteiger partial charge in [-0.3, -0.25) is 4.79 Å². The van der Waals surface area contributed by atoms with Crippen molar-refractivity contribution in [1.29, 1.82) is 5.26 Å². The molecule has 1 unspecified atom stereocenters. The molecule has 94 valence electrons. The van der Waals surface area contributed by atoms with Gasteiger partial charge in [0.2, 0.25) is 5.91 Å². The number of amides is 1. The fraction of sp³-hybridized carbons (Fsp3) is 0.833. The first kappa shape index (κ1) is 12.3. The summed E-state index contributed by atoms with van der Waals surface area (Å²) in [4.78, 5) is 13.7. The molecule has 5 nitrogen and oxygen atoms in total. The first-order valence-electron chi connectivity index (χ1n) is 6.14. The zero-order chi connectivity index (χ0) is 12.3. The van der Waals surface area contributed by atoms with Gasteiger partial charge in [0, 0.05) is 6.54 Å². The number of nitriles is 1. The lowest BCUT2D eigenvalue weighted by Crippen LogP contribution is -2.47. The van der Waals surface area contributed by atoms with Crippen molar-refractivity contribution >= 4 is 5.91 Å². The van der Waals surface area contributed by atoms with E-state index in [9.17, 15) is 9.90 Å². The molecule has 0 aromatic carbocycles. The first-order chi connectivity index (χ1) is 8.13. The molecule has 0 spiro atoms. The van der Waals surface area contributed by atoms with Crippen molar-refractivity contribution < 1.29 is 14.6 Å². The van der Waals surface area contributed by atoms with E-state index in [1.807, 2.05) is 6.07 Å². The number of carbonyl (C=O) groups excluding carboxylic acids is 1. The van der Waals surface area contributed by atoms with E-state index in [-0.39, 0.29) is 12.3 Å². The van der Waals surface area contributed by atoms with Gasteiger partial charge in [0.05, 0.1) is 31.2 Å². The van der Waals surface area contributed by atoms with Crippen LogP contribution in [0.25, 0.3) is 0 Å². The van der Waals surface area contributed by atoms with Crippen molar-refractivity contribution in [2.75, 3.05) is 19.7 Å². The summed E-state index contributed by atoms with van der Waals surface area (Å²) in [6, 6.07) is 2.01. The van der Waals surface area contributed by atoms with Crippen LogP contribution in [0.1, 0.15) is 32.1 Å². The maximum Gasteiger partial charge on any atom is 0.225 e. The average molecular weight is 238 g/mol. The monoisotopic (exact) mass is 238 g/mol. The molecule has 1 saturated carbocycles. The maximum absolute atomic E-state index is 12.0. The molecule has 0 bridgehead atoms. The zero-order valence-electron chi connectivity index (χ0n) is 9.89. The largest absolute Gasteiger partial charge is 0.389 e. The van der Waals surface area contributed by atoms with Gasteiger partial charge in [0.15, 0.2) is 6.10 Å². The van der Waals surface area contributed by atoms with Gasteiger partial charge in [-0.25, -0.2) is 0 Å². The van der Waals surface area contributed by atoms with Crippen LogP contribution in [0, 0.1) is 11.3 Å². The predicted molar refractivity (Wildman–Crippen MR) is 60.0 cm³/mol. The van der Waals surface area contributed by atoms with Crippen molar-refractivity contribution in [1.82, 2.24) is 4.90 Å². The molecule has 2 rings (SSSR count). The number of hydrogen-bond acceptors (Lipinski definition) is 4. The third-order valence-electron chi connectivity index (χ3n) is 3.58. The molecule has 1 N–H and O–H groups in total. The van der Waals surface area contributed by atoms with Gasteiger partial charge in [-0.2, -0.15) is 5.26 Å². The normalized spacial score (nSPS) is 27.8. The average Bonchev–Trinajstić information content (AvgIpc) is 2.76. The van der Waals surface area contributed by atoms with Gasteiger partial charge < -0.3 is 14.7 Å². The number of hydrogen-bond donors (Lipinski definition) is 1. The van der Waals surface area contributed by atoms with Crippen LogP contribution in [0.5, 0.6) is 0 Å². The van der Waals surface area contributed by atoms with Gasteiger partial charge in [0.25, 0.3) is 0 Å². The van der Waals surface area contributed by atoms with E-state index in [0.717, 1.165) is 12.8 Å². The molecule has 1 heterocycles. The molecule has 2 aliphatic rings. The fourth-order valence-electron chi connectivity index (χ4n) is 2.56. The zero-order valence-corrected chi connectivity index (χ0v) is 9.89. The van der Waals surface area contributed by atoms with E-state index in [4.69, 9.17) is 10.00 Å². The van der Waals surface area contributed by atoms with Gasteiger partial charge in [-0.15, -0.1) is 0 Å². The smallest absolute Gasteiger partial charge is 0.225 e. The van der Waals surface area contributed by atoms with E-state index >= 15 is 0 Å². The van der Waals surface area contributed by atoms with Crippen LogP contribution >= 0.6 is 0 Å². The Bertz CT molecular complexity index is 331. The summed E-state index contributed by atoms with van der Waals surface area (Å²) < 4.78 is 5.19. The van der Waals surface area contributed by atoms with Crippen LogP contribution in [-0.2, 0) is 9.53 Å². The maximum atomic E-state index is 12.0. The van der Waals surface area contributed by atoms with Crippen LogP contribution < -0.4 is 0 Å². The molecule has 1 aliphatic heterocycles. The van der Waals surface area contributed by atoms with Gasteiger partial charge in [0.1, 0.15) is 0 Å². The van der Waals surface area contributed by atoms with Crippen molar-refractivity contribution in [3.05, 3.63) is 0 Å². The number of rotatable bonds is 2. The van der Waals surface area contributed by atoms with E-state index in [0.29, 0.717) is 32.5 Å². The van der Waals surface area contributed by atoms with Crippen LogP contribution in [0.15, 0.2) is 0 Å². The van der Waals surface area contributed by atoms with Crippen molar-refractivity contribution in [2.45, 2.75) is 43.8 Å². The van der Waals surface area contributed by atoms with Crippen molar-refractivity contribution in [2.24, 2.45) is 0 Å². The molecule has 1 saturated heterocycles. The second-order valence-corrected chi connectivity index (χ2v) is 4.94. The molecule has 2 fully saturated rings. The highest BCUT2D eigenvalue weighted by Gasteiger charge is 2.36.